The van der Waals surface area contributed by atoms with E-state index < -0.39 is 12.0 Å². The number of rotatable bonds is 6. The zero-order valence-corrected chi connectivity index (χ0v) is 13.9. The van der Waals surface area contributed by atoms with Crippen LogP contribution >= 0.6 is 0 Å². The number of nitrogens with one attached hydrogen (secondary N) is 2. The number of carboxylic acid groups (broad SMARTS) is 1. The summed E-state index contributed by atoms with van der Waals surface area (Å²) in [6.45, 7) is 4.78. The largest absolute Gasteiger partial charge is 0.481 e. The van der Waals surface area contributed by atoms with Crippen LogP contribution in [0.2, 0.25) is 0 Å². The zero-order chi connectivity index (χ0) is 17.7. The summed E-state index contributed by atoms with van der Waals surface area (Å²) in [6.07, 6.45) is 1.53. The fourth-order valence-electron chi connectivity index (χ4n) is 2.74. The first-order valence-electron chi connectivity index (χ1n) is 8.11. The molecule has 3 N–H and O–H groups in total. The summed E-state index contributed by atoms with van der Waals surface area (Å²) in [5, 5.41) is 18.1. The topological polar surface area (TPSA) is 128 Å². The second-order valence-electron chi connectivity index (χ2n) is 5.95. The molecule has 0 aromatic carbocycles. The Hall–Kier alpha value is -2.45. The van der Waals surface area contributed by atoms with Crippen LogP contribution in [-0.2, 0) is 20.8 Å². The molecule has 2 amide bonds. The van der Waals surface area contributed by atoms with Gasteiger partial charge in [0.2, 0.25) is 11.8 Å². The maximum atomic E-state index is 12.3. The molecule has 1 aliphatic heterocycles. The Morgan fingerprint density at radius 1 is 1.38 bits per heavy atom. The number of likely N-dealkylation sites (tertiary alicyclic amines) is 1. The van der Waals surface area contributed by atoms with Crippen LogP contribution in [0.1, 0.15) is 50.8 Å². The molecule has 2 rings (SSSR count). The van der Waals surface area contributed by atoms with Crippen molar-refractivity contribution < 1.29 is 19.5 Å². The van der Waals surface area contributed by atoms with Gasteiger partial charge in [0.05, 0.1) is 6.04 Å². The van der Waals surface area contributed by atoms with E-state index in [1.165, 1.54) is 0 Å². The molecule has 9 heteroatoms. The maximum Gasteiger partial charge on any atom is 0.311 e. The van der Waals surface area contributed by atoms with E-state index in [1.54, 1.807) is 11.8 Å². The van der Waals surface area contributed by atoms with Crippen molar-refractivity contribution in [3.05, 3.63) is 11.6 Å². The van der Waals surface area contributed by atoms with E-state index in [9.17, 15) is 14.4 Å². The average molecular weight is 337 g/mol. The lowest BCUT2D eigenvalue weighted by Gasteiger charge is -2.31. The number of hydrogen-bond acceptors (Lipinski definition) is 5. The van der Waals surface area contributed by atoms with Crippen molar-refractivity contribution in [1.29, 1.82) is 0 Å². The van der Waals surface area contributed by atoms with Gasteiger partial charge >= 0.3 is 5.97 Å². The molecule has 9 nitrogen and oxygen atoms in total. The summed E-state index contributed by atoms with van der Waals surface area (Å²) in [6, 6.07) is -0.411. The summed E-state index contributed by atoms with van der Waals surface area (Å²) in [4.78, 5) is 40.5. The van der Waals surface area contributed by atoms with Crippen LogP contribution < -0.4 is 5.32 Å². The van der Waals surface area contributed by atoms with Gasteiger partial charge in [0.25, 0.3) is 0 Å². The number of aromatic nitrogens is 3. The number of aromatic amines is 1. The highest BCUT2D eigenvalue weighted by Crippen LogP contribution is 2.19. The van der Waals surface area contributed by atoms with E-state index in [2.05, 4.69) is 20.5 Å². The molecule has 1 fully saturated rings. The van der Waals surface area contributed by atoms with Crippen molar-refractivity contribution in [2.45, 2.75) is 45.6 Å². The number of carboxylic acids is 1. The highest BCUT2D eigenvalue weighted by molar-refractivity contribution is 5.80. The first-order chi connectivity index (χ1) is 11.4. The van der Waals surface area contributed by atoms with E-state index in [0.29, 0.717) is 38.2 Å². The second-order valence-corrected chi connectivity index (χ2v) is 5.95. The summed E-state index contributed by atoms with van der Waals surface area (Å²) in [5.41, 5.74) is 0. The van der Waals surface area contributed by atoms with Gasteiger partial charge in [-0.05, 0) is 19.8 Å². The van der Waals surface area contributed by atoms with Crippen LogP contribution in [0.3, 0.4) is 0 Å². The third kappa shape index (κ3) is 4.53. The Morgan fingerprint density at radius 3 is 2.62 bits per heavy atom. The fraction of sp³-hybridized carbons (Fsp3) is 0.667. The van der Waals surface area contributed by atoms with Gasteiger partial charge < -0.3 is 15.3 Å². The van der Waals surface area contributed by atoms with Gasteiger partial charge in [-0.15, -0.1) is 0 Å². The molecule has 1 atom stereocenters. The number of amides is 2. The van der Waals surface area contributed by atoms with Gasteiger partial charge in [-0.25, -0.2) is 4.98 Å². The Morgan fingerprint density at radius 2 is 2.04 bits per heavy atom. The first kappa shape index (κ1) is 17.9. The quantitative estimate of drug-likeness (QED) is 0.683. The van der Waals surface area contributed by atoms with Gasteiger partial charge in [-0.1, -0.05) is 6.92 Å². The zero-order valence-electron chi connectivity index (χ0n) is 13.9. The van der Waals surface area contributed by atoms with Crippen molar-refractivity contribution in [3.8, 4) is 0 Å². The van der Waals surface area contributed by atoms with E-state index in [0.717, 1.165) is 0 Å². The van der Waals surface area contributed by atoms with Gasteiger partial charge in [-0.2, -0.15) is 5.10 Å². The number of carbonyl (C=O) groups excluding carboxylic acids is 2. The molecule has 0 aliphatic carbocycles. The molecule has 1 saturated heterocycles. The molecule has 24 heavy (non-hydrogen) atoms. The molecule has 1 aliphatic rings. The lowest BCUT2D eigenvalue weighted by Crippen LogP contribution is -2.43. The lowest BCUT2D eigenvalue weighted by atomic mass is 9.95. The van der Waals surface area contributed by atoms with Crippen molar-refractivity contribution in [2.24, 2.45) is 5.92 Å². The molecule has 0 bridgehead atoms. The number of piperidine rings is 1. The predicted molar refractivity (Wildman–Crippen MR) is 83.9 cm³/mol. The van der Waals surface area contributed by atoms with Crippen LogP contribution in [-0.4, -0.2) is 56.1 Å². The highest BCUT2D eigenvalue weighted by atomic mass is 16.4. The van der Waals surface area contributed by atoms with E-state index in [-0.39, 0.29) is 30.0 Å². The van der Waals surface area contributed by atoms with Gasteiger partial charge in [0.1, 0.15) is 12.2 Å². The van der Waals surface area contributed by atoms with Crippen molar-refractivity contribution in [1.82, 2.24) is 25.4 Å². The molecular formula is C15H23N5O4. The molecular weight excluding hydrogens is 314 g/mol. The van der Waals surface area contributed by atoms with Crippen molar-refractivity contribution >= 4 is 17.8 Å². The van der Waals surface area contributed by atoms with E-state index in [1.807, 2.05) is 6.92 Å². The van der Waals surface area contributed by atoms with Crippen LogP contribution in [0.4, 0.5) is 0 Å². The van der Waals surface area contributed by atoms with Crippen LogP contribution in [0, 0.1) is 5.92 Å². The monoisotopic (exact) mass is 337 g/mol. The van der Waals surface area contributed by atoms with Crippen molar-refractivity contribution in [2.75, 3.05) is 13.1 Å². The third-order valence-corrected chi connectivity index (χ3v) is 4.13. The summed E-state index contributed by atoms with van der Waals surface area (Å²) in [5.74, 6) is -0.485. The third-order valence-electron chi connectivity index (χ3n) is 4.13. The van der Waals surface area contributed by atoms with Gasteiger partial charge in [-0.3, -0.25) is 19.5 Å². The van der Waals surface area contributed by atoms with E-state index >= 15 is 0 Å². The molecule has 132 valence electrons. The van der Waals surface area contributed by atoms with Crippen LogP contribution in [0.15, 0.2) is 0 Å². The number of carbonyl (C=O) groups is 3. The standard InChI is InChI=1S/C15H23N5O4/c1-3-12(21)20-6-4-10(5-7-20)15(24)16-9(2)14-17-11(18-19-14)8-13(22)23/h9-10H,3-8H2,1-2H3,(H,16,24)(H,22,23)(H,17,18,19). The van der Waals surface area contributed by atoms with Gasteiger partial charge in [0.15, 0.2) is 5.82 Å². The molecule has 1 unspecified atom stereocenters. The summed E-state index contributed by atoms with van der Waals surface area (Å²) in [7, 11) is 0. The molecule has 0 saturated carbocycles. The minimum atomic E-state index is -0.997. The minimum Gasteiger partial charge on any atom is -0.481 e. The molecule has 2 heterocycles. The lowest BCUT2D eigenvalue weighted by molar-refractivity contribution is -0.136. The normalized spacial score (nSPS) is 16.7. The fourth-order valence-corrected chi connectivity index (χ4v) is 2.74. The maximum absolute atomic E-state index is 12.3. The Balaban J connectivity index is 1.85. The Labute approximate surface area is 139 Å². The van der Waals surface area contributed by atoms with Crippen LogP contribution in [0.5, 0.6) is 0 Å². The summed E-state index contributed by atoms with van der Waals surface area (Å²) < 4.78 is 0. The van der Waals surface area contributed by atoms with Crippen LogP contribution in [0.25, 0.3) is 0 Å². The Bertz CT molecular complexity index is 607. The molecule has 1 aromatic heterocycles. The average Bonchev–Trinajstić information content (AvgIpc) is 3.02. The molecule has 1 aromatic rings. The number of nitrogens with zero attached hydrogens (tertiary/aromatic N) is 3. The van der Waals surface area contributed by atoms with Crippen molar-refractivity contribution in [3.63, 3.8) is 0 Å². The van der Waals surface area contributed by atoms with E-state index in [4.69, 9.17) is 5.11 Å². The smallest absolute Gasteiger partial charge is 0.311 e. The number of hydrogen-bond donors (Lipinski definition) is 3. The number of H-pyrrole nitrogens is 1. The first-order valence-corrected chi connectivity index (χ1v) is 8.11. The summed E-state index contributed by atoms with van der Waals surface area (Å²) >= 11 is 0. The SMILES string of the molecule is CCC(=O)N1CCC(C(=O)NC(C)c2n[nH]c(CC(=O)O)n2)CC1. The second kappa shape index (κ2) is 7.89. The minimum absolute atomic E-state index is 0.0873. The van der Waals surface area contributed by atoms with Gasteiger partial charge in [0, 0.05) is 25.4 Å². The molecule has 0 radical (unpaired) electrons. The predicted octanol–water partition coefficient (Wildman–Crippen LogP) is 0.258. The highest BCUT2D eigenvalue weighted by Gasteiger charge is 2.28. The Kier molecular flexibility index (Phi) is 5.88. The molecule has 0 spiro atoms. The number of aliphatic carboxylic acids is 1.